The Balaban J connectivity index is 1.92. The Morgan fingerprint density at radius 2 is 2.29 bits per heavy atom. The van der Waals surface area contributed by atoms with Crippen LogP contribution in [0.25, 0.3) is 0 Å². The Morgan fingerprint density at radius 3 is 2.94 bits per heavy atom. The zero-order valence-electron chi connectivity index (χ0n) is 9.63. The lowest BCUT2D eigenvalue weighted by molar-refractivity contribution is -0.138. The van der Waals surface area contributed by atoms with E-state index < -0.39 is 12.0 Å². The number of benzene rings is 1. The maximum Gasteiger partial charge on any atom is 0.320 e. The minimum atomic E-state index is -0.977. The number of aliphatic carboxylic acids is 1. The molecule has 0 bridgehead atoms. The van der Waals surface area contributed by atoms with Crippen molar-refractivity contribution in [1.29, 1.82) is 0 Å². The molecule has 4 nitrogen and oxygen atoms in total. The first-order valence-corrected chi connectivity index (χ1v) is 5.85. The lowest BCUT2D eigenvalue weighted by atomic mass is 10.1. The van der Waals surface area contributed by atoms with Crippen molar-refractivity contribution in [2.45, 2.75) is 25.3 Å². The molecule has 4 heteroatoms. The standard InChI is InChI=1S/C13H17NO3/c14-12(13(15)16)7-10-2-1-3-11(6-10)17-8-9-4-5-9/h1-3,6,9,12H,4-5,7-8,14H2,(H,15,16). The molecule has 3 N–H and O–H groups in total. The first-order chi connectivity index (χ1) is 8.15. The van der Waals surface area contributed by atoms with Crippen molar-refractivity contribution < 1.29 is 14.6 Å². The molecule has 1 aliphatic rings. The predicted molar refractivity (Wildman–Crippen MR) is 64.0 cm³/mol. The van der Waals surface area contributed by atoms with Gasteiger partial charge in [-0.2, -0.15) is 0 Å². The Kier molecular flexibility index (Phi) is 3.64. The molecule has 1 unspecified atom stereocenters. The number of ether oxygens (including phenoxy) is 1. The van der Waals surface area contributed by atoms with Gasteiger partial charge in [-0.15, -0.1) is 0 Å². The summed E-state index contributed by atoms with van der Waals surface area (Å²) in [7, 11) is 0. The van der Waals surface area contributed by atoms with Crippen LogP contribution in [-0.2, 0) is 11.2 Å². The van der Waals surface area contributed by atoms with Gasteiger partial charge in [0.2, 0.25) is 0 Å². The lowest BCUT2D eigenvalue weighted by Gasteiger charge is -2.09. The summed E-state index contributed by atoms with van der Waals surface area (Å²) in [4.78, 5) is 10.7. The third kappa shape index (κ3) is 3.75. The fraction of sp³-hybridized carbons (Fsp3) is 0.462. The van der Waals surface area contributed by atoms with Gasteiger partial charge in [-0.1, -0.05) is 12.1 Å². The molecule has 0 saturated heterocycles. The zero-order valence-corrected chi connectivity index (χ0v) is 9.63. The van der Waals surface area contributed by atoms with E-state index in [1.54, 1.807) is 0 Å². The Bertz CT molecular complexity index is 401. The monoisotopic (exact) mass is 235 g/mol. The van der Waals surface area contributed by atoms with Crippen LogP contribution in [0.5, 0.6) is 5.75 Å². The highest BCUT2D eigenvalue weighted by Crippen LogP contribution is 2.29. The maximum atomic E-state index is 10.7. The molecular weight excluding hydrogens is 218 g/mol. The summed E-state index contributed by atoms with van der Waals surface area (Å²) < 4.78 is 5.62. The van der Waals surface area contributed by atoms with Gasteiger partial charge >= 0.3 is 5.97 Å². The molecule has 0 amide bonds. The van der Waals surface area contributed by atoms with E-state index in [1.165, 1.54) is 12.8 Å². The molecule has 0 aliphatic heterocycles. The van der Waals surface area contributed by atoms with Crippen molar-refractivity contribution in [3.8, 4) is 5.75 Å². The number of hydrogen-bond acceptors (Lipinski definition) is 3. The molecule has 0 heterocycles. The van der Waals surface area contributed by atoms with Crippen LogP contribution in [0.3, 0.4) is 0 Å². The fourth-order valence-electron chi connectivity index (χ4n) is 1.60. The molecule has 1 aromatic rings. The maximum absolute atomic E-state index is 10.7. The van der Waals surface area contributed by atoms with E-state index in [9.17, 15) is 4.79 Å². The summed E-state index contributed by atoms with van der Waals surface area (Å²) in [6.45, 7) is 0.758. The molecule has 92 valence electrons. The van der Waals surface area contributed by atoms with Crippen molar-refractivity contribution in [3.05, 3.63) is 29.8 Å². The molecule has 1 aliphatic carbocycles. The van der Waals surface area contributed by atoms with Gasteiger partial charge in [-0.3, -0.25) is 4.79 Å². The van der Waals surface area contributed by atoms with Gasteiger partial charge in [-0.05, 0) is 42.9 Å². The number of carboxylic acid groups (broad SMARTS) is 1. The van der Waals surface area contributed by atoms with Crippen LogP contribution < -0.4 is 10.5 Å². The van der Waals surface area contributed by atoms with Crippen molar-refractivity contribution >= 4 is 5.97 Å². The molecule has 1 saturated carbocycles. The zero-order chi connectivity index (χ0) is 12.3. The Hall–Kier alpha value is -1.55. The molecule has 1 atom stereocenters. The SMILES string of the molecule is NC(Cc1cccc(OCC2CC2)c1)C(=O)O. The highest BCUT2D eigenvalue weighted by molar-refractivity contribution is 5.73. The van der Waals surface area contributed by atoms with E-state index in [2.05, 4.69) is 0 Å². The van der Waals surface area contributed by atoms with E-state index >= 15 is 0 Å². The van der Waals surface area contributed by atoms with Crippen molar-refractivity contribution in [2.24, 2.45) is 11.7 Å². The lowest BCUT2D eigenvalue weighted by Crippen LogP contribution is -2.32. The molecule has 2 rings (SSSR count). The van der Waals surface area contributed by atoms with Crippen LogP contribution in [0.15, 0.2) is 24.3 Å². The first-order valence-electron chi connectivity index (χ1n) is 5.85. The van der Waals surface area contributed by atoms with Crippen LogP contribution >= 0.6 is 0 Å². The molecule has 1 aromatic carbocycles. The molecule has 17 heavy (non-hydrogen) atoms. The van der Waals surface area contributed by atoms with E-state index in [1.807, 2.05) is 24.3 Å². The Morgan fingerprint density at radius 1 is 1.53 bits per heavy atom. The second-order valence-electron chi connectivity index (χ2n) is 4.55. The van der Waals surface area contributed by atoms with Gasteiger partial charge < -0.3 is 15.6 Å². The highest BCUT2D eigenvalue weighted by Gasteiger charge is 2.21. The van der Waals surface area contributed by atoms with Crippen LogP contribution in [0.4, 0.5) is 0 Å². The summed E-state index contributed by atoms with van der Waals surface area (Å²) in [5, 5.41) is 8.74. The molecule has 0 radical (unpaired) electrons. The summed E-state index contributed by atoms with van der Waals surface area (Å²) in [5.74, 6) is 0.529. The summed E-state index contributed by atoms with van der Waals surface area (Å²) in [5.41, 5.74) is 6.39. The number of hydrogen-bond donors (Lipinski definition) is 2. The van der Waals surface area contributed by atoms with Crippen molar-refractivity contribution in [2.75, 3.05) is 6.61 Å². The minimum absolute atomic E-state index is 0.329. The van der Waals surface area contributed by atoms with E-state index in [0.29, 0.717) is 12.3 Å². The molecular formula is C13H17NO3. The van der Waals surface area contributed by atoms with Crippen LogP contribution in [0.2, 0.25) is 0 Å². The summed E-state index contributed by atoms with van der Waals surface area (Å²) in [6, 6.07) is 6.64. The van der Waals surface area contributed by atoms with Crippen molar-refractivity contribution in [3.63, 3.8) is 0 Å². The smallest absolute Gasteiger partial charge is 0.320 e. The van der Waals surface area contributed by atoms with Gasteiger partial charge in [0, 0.05) is 0 Å². The molecule has 0 spiro atoms. The third-order valence-corrected chi connectivity index (χ3v) is 2.85. The second kappa shape index (κ2) is 5.19. The van der Waals surface area contributed by atoms with Crippen LogP contribution in [0, 0.1) is 5.92 Å². The molecule has 1 fully saturated rings. The summed E-state index contributed by atoms with van der Waals surface area (Å²) >= 11 is 0. The highest BCUT2D eigenvalue weighted by atomic mass is 16.5. The van der Waals surface area contributed by atoms with E-state index in [0.717, 1.165) is 17.9 Å². The average molecular weight is 235 g/mol. The van der Waals surface area contributed by atoms with Gasteiger partial charge in [0.05, 0.1) is 6.61 Å². The largest absolute Gasteiger partial charge is 0.493 e. The number of carbonyl (C=O) groups is 1. The van der Waals surface area contributed by atoms with Gasteiger partial charge in [0.15, 0.2) is 0 Å². The van der Waals surface area contributed by atoms with Crippen LogP contribution in [0.1, 0.15) is 18.4 Å². The summed E-state index contributed by atoms with van der Waals surface area (Å²) in [6.07, 6.45) is 2.84. The number of nitrogens with two attached hydrogens (primary N) is 1. The normalized spacial score (nSPS) is 16.5. The predicted octanol–water partition coefficient (Wildman–Crippen LogP) is 1.43. The topological polar surface area (TPSA) is 72.5 Å². The van der Waals surface area contributed by atoms with Gasteiger partial charge in [0.1, 0.15) is 11.8 Å². The Labute approximate surface area is 100 Å². The first kappa shape index (κ1) is 11.9. The van der Waals surface area contributed by atoms with E-state index in [4.69, 9.17) is 15.6 Å². The molecule has 0 aromatic heterocycles. The second-order valence-corrected chi connectivity index (χ2v) is 4.55. The van der Waals surface area contributed by atoms with Crippen molar-refractivity contribution in [1.82, 2.24) is 0 Å². The average Bonchev–Trinajstić information content (AvgIpc) is 3.10. The fourth-order valence-corrected chi connectivity index (χ4v) is 1.60. The van der Waals surface area contributed by atoms with E-state index in [-0.39, 0.29) is 0 Å². The van der Waals surface area contributed by atoms with Gasteiger partial charge in [0.25, 0.3) is 0 Å². The minimum Gasteiger partial charge on any atom is -0.493 e. The van der Waals surface area contributed by atoms with Crippen LogP contribution in [-0.4, -0.2) is 23.7 Å². The number of rotatable bonds is 6. The third-order valence-electron chi connectivity index (χ3n) is 2.85. The van der Waals surface area contributed by atoms with Gasteiger partial charge in [-0.25, -0.2) is 0 Å². The number of carboxylic acids is 1. The quantitative estimate of drug-likeness (QED) is 0.782.